The SMILES string of the molecule is COCC1(C(=O)N2CCCN(Cc3ccccc3C(=O)O)CC2)CCC1. The standard InChI is InChI=1S/C20H28N2O4/c1-26-15-20(8-4-9-20)19(25)22-11-5-10-21(12-13-22)14-16-6-2-3-7-17(16)18(23)24/h2-3,6-7H,4-5,8-15H2,1H3,(H,23,24). The Bertz CT molecular complexity index is 657. The van der Waals surface area contributed by atoms with Crippen LogP contribution in [0, 0.1) is 5.41 Å². The van der Waals surface area contributed by atoms with Crippen molar-refractivity contribution >= 4 is 11.9 Å². The van der Waals surface area contributed by atoms with Gasteiger partial charge in [-0.1, -0.05) is 24.6 Å². The lowest BCUT2D eigenvalue weighted by molar-refractivity contribution is -0.152. The molecule has 1 aliphatic heterocycles. The fraction of sp³-hybridized carbons (Fsp3) is 0.600. The van der Waals surface area contributed by atoms with Crippen LogP contribution in [0.2, 0.25) is 0 Å². The number of benzene rings is 1. The number of carboxylic acid groups (broad SMARTS) is 1. The Kier molecular flexibility index (Phi) is 5.94. The second-order valence-corrected chi connectivity index (χ2v) is 7.45. The fourth-order valence-electron chi connectivity index (χ4n) is 4.08. The molecule has 1 heterocycles. The third kappa shape index (κ3) is 3.91. The van der Waals surface area contributed by atoms with E-state index in [-0.39, 0.29) is 11.3 Å². The van der Waals surface area contributed by atoms with Crippen LogP contribution in [0.1, 0.15) is 41.6 Å². The molecule has 3 rings (SSSR count). The summed E-state index contributed by atoms with van der Waals surface area (Å²) in [6.07, 6.45) is 3.85. The van der Waals surface area contributed by atoms with Crippen LogP contribution in [-0.4, -0.2) is 66.7 Å². The fourth-order valence-corrected chi connectivity index (χ4v) is 4.08. The van der Waals surface area contributed by atoms with Crippen LogP contribution in [0.25, 0.3) is 0 Å². The summed E-state index contributed by atoms with van der Waals surface area (Å²) >= 11 is 0. The number of hydrogen-bond donors (Lipinski definition) is 1. The molecule has 1 aromatic rings. The summed E-state index contributed by atoms with van der Waals surface area (Å²) in [5.41, 5.74) is 0.882. The molecule has 142 valence electrons. The highest BCUT2D eigenvalue weighted by Crippen LogP contribution is 2.42. The van der Waals surface area contributed by atoms with Gasteiger partial charge in [0.25, 0.3) is 0 Å². The maximum Gasteiger partial charge on any atom is 0.336 e. The number of carbonyl (C=O) groups is 2. The van der Waals surface area contributed by atoms with Crippen LogP contribution >= 0.6 is 0 Å². The maximum atomic E-state index is 13.0. The third-order valence-corrected chi connectivity index (χ3v) is 5.70. The molecule has 0 atom stereocenters. The topological polar surface area (TPSA) is 70.1 Å². The van der Waals surface area contributed by atoms with Crippen LogP contribution in [0.3, 0.4) is 0 Å². The van der Waals surface area contributed by atoms with Crippen molar-refractivity contribution in [1.82, 2.24) is 9.80 Å². The highest BCUT2D eigenvalue weighted by atomic mass is 16.5. The molecule has 6 heteroatoms. The zero-order chi connectivity index (χ0) is 18.6. The first-order chi connectivity index (χ1) is 12.6. The Morgan fingerprint density at radius 1 is 1.12 bits per heavy atom. The summed E-state index contributed by atoms with van der Waals surface area (Å²) < 4.78 is 5.31. The van der Waals surface area contributed by atoms with E-state index in [9.17, 15) is 14.7 Å². The van der Waals surface area contributed by atoms with Gasteiger partial charge in [-0.3, -0.25) is 9.69 Å². The maximum absolute atomic E-state index is 13.0. The number of carboxylic acids is 1. The Balaban J connectivity index is 1.62. The molecule has 1 saturated heterocycles. The largest absolute Gasteiger partial charge is 0.478 e. The smallest absolute Gasteiger partial charge is 0.336 e. The zero-order valence-corrected chi connectivity index (χ0v) is 15.4. The summed E-state index contributed by atoms with van der Waals surface area (Å²) in [5.74, 6) is -0.655. The molecule has 0 aromatic heterocycles. The van der Waals surface area contributed by atoms with E-state index in [0.29, 0.717) is 25.3 Å². The molecule has 1 aromatic carbocycles. The Morgan fingerprint density at radius 2 is 1.88 bits per heavy atom. The van der Waals surface area contributed by atoms with Crippen LogP contribution in [0.5, 0.6) is 0 Å². The highest BCUT2D eigenvalue weighted by molar-refractivity contribution is 5.89. The predicted octanol–water partition coefficient (Wildman–Crippen LogP) is 2.24. The van der Waals surface area contributed by atoms with Gasteiger partial charge in [0.2, 0.25) is 5.91 Å². The lowest BCUT2D eigenvalue weighted by atomic mass is 9.68. The van der Waals surface area contributed by atoms with E-state index in [0.717, 1.165) is 50.9 Å². The normalized spacial score (nSPS) is 20.3. The van der Waals surface area contributed by atoms with E-state index in [1.54, 1.807) is 19.2 Å². The third-order valence-electron chi connectivity index (χ3n) is 5.70. The molecule has 1 N–H and O–H groups in total. The number of amides is 1. The van der Waals surface area contributed by atoms with E-state index in [1.807, 2.05) is 17.0 Å². The first-order valence-electron chi connectivity index (χ1n) is 9.38. The molecule has 1 amide bonds. The second-order valence-electron chi connectivity index (χ2n) is 7.45. The summed E-state index contributed by atoms with van der Waals surface area (Å²) in [6, 6.07) is 7.15. The highest BCUT2D eigenvalue weighted by Gasteiger charge is 2.46. The number of methoxy groups -OCH3 is 1. The molecule has 0 bridgehead atoms. The molecule has 1 saturated carbocycles. The van der Waals surface area contributed by atoms with Crippen molar-refractivity contribution in [3.63, 3.8) is 0 Å². The number of hydrogen-bond acceptors (Lipinski definition) is 4. The average molecular weight is 360 g/mol. The van der Waals surface area contributed by atoms with Gasteiger partial charge in [0.15, 0.2) is 0 Å². The molecule has 6 nitrogen and oxygen atoms in total. The molecular formula is C20H28N2O4. The lowest BCUT2D eigenvalue weighted by Gasteiger charge is -2.42. The Morgan fingerprint density at radius 3 is 2.54 bits per heavy atom. The van der Waals surface area contributed by atoms with Gasteiger partial charge < -0.3 is 14.7 Å². The Hall–Kier alpha value is -1.92. The van der Waals surface area contributed by atoms with Gasteiger partial charge in [-0.2, -0.15) is 0 Å². The van der Waals surface area contributed by atoms with Gasteiger partial charge in [0.05, 0.1) is 17.6 Å². The monoisotopic (exact) mass is 360 g/mol. The van der Waals surface area contributed by atoms with E-state index in [4.69, 9.17) is 4.74 Å². The van der Waals surface area contributed by atoms with E-state index in [1.165, 1.54) is 0 Å². The van der Waals surface area contributed by atoms with Crippen molar-refractivity contribution < 1.29 is 19.4 Å². The van der Waals surface area contributed by atoms with Crippen LogP contribution in [-0.2, 0) is 16.1 Å². The van der Waals surface area contributed by atoms with Gasteiger partial charge in [0.1, 0.15) is 0 Å². The van der Waals surface area contributed by atoms with Crippen LogP contribution in [0.15, 0.2) is 24.3 Å². The summed E-state index contributed by atoms with van der Waals surface area (Å²) in [5, 5.41) is 9.36. The second kappa shape index (κ2) is 8.18. The van der Waals surface area contributed by atoms with E-state index in [2.05, 4.69) is 4.90 Å². The molecule has 2 fully saturated rings. The number of rotatable bonds is 6. The zero-order valence-electron chi connectivity index (χ0n) is 15.4. The number of aromatic carboxylic acids is 1. The van der Waals surface area contributed by atoms with Crippen molar-refractivity contribution in [3.05, 3.63) is 35.4 Å². The number of carbonyl (C=O) groups excluding carboxylic acids is 1. The average Bonchev–Trinajstić information content (AvgIpc) is 2.83. The first-order valence-corrected chi connectivity index (χ1v) is 9.38. The summed E-state index contributed by atoms with van der Waals surface area (Å²) in [6.45, 7) is 4.21. The lowest BCUT2D eigenvalue weighted by Crippen LogP contribution is -2.51. The molecular weight excluding hydrogens is 332 g/mol. The number of nitrogens with zero attached hydrogens (tertiary/aromatic N) is 2. The molecule has 1 aliphatic carbocycles. The summed E-state index contributed by atoms with van der Waals surface area (Å²) in [4.78, 5) is 28.6. The minimum absolute atomic E-state index is 0.235. The predicted molar refractivity (Wildman–Crippen MR) is 98.0 cm³/mol. The Labute approximate surface area is 154 Å². The van der Waals surface area contributed by atoms with Gasteiger partial charge in [-0.25, -0.2) is 4.79 Å². The van der Waals surface area contributed by atoms with E-state index < -0.39 is 5.97 Å². The minimum atomic E-state index is -0.890. The molecule has 0 radical (unpaired) electrons. The van der Waals surface area contributed by atoms with Crippen LogP contribution in [0.4, 0.5) is 0 Å². The van der Waals surface area contributed by atoms with Gasteiger partial charge in [-0.15, -0.1) is 0 Å². The van der Waals surface area contributed by atoms with Crippen molar-refractivity contribution in [2.45, 2.75) is 32.2 Å². The minimum Gasteiger partial charge on any atom is -0.478 e. The van der Waals surface area contributed by atoms with Gasteiger partial charge >= 0.3 is 5.97 Å². The molecule has 0 spiro atoms. The molecule has 26 heavy (non-hydrogen) atoms. The quantitative estimate of drug-likeness (QED) is 0.842. The van der Waals surface area contributed by atoms with Crippen molar-refractivity contribution in [2.24, 2.45) is 5.41 Å². The van der Waals surface area contributed by atoms with Crippen molar-refractivity contribution in [3.8, 4) is 0 Å². The number of ether oxygens (including phenoxy) is 1. The summed E-state index contributed by atoms with van der Waals surface area (Å²) in [7, 11) is 1.66. The molecule has 0 unspecified atom stereocenters. The first kappa shape index (κ1) is 18.9. The van der Waals surface area contributed by atoms with Crippen molar-refractivity contribution in [2.75, 3.05) is 39.9 Å². The van der Waals surface area contributed by atoms with Crippen LogP contribution < -0.4 is 0 Å². The van der Waals surface area contributed by atoms with Crippen molar-refractivity contribution in [1.29, 1.82) is 0 Å². The van der Waals surface area contributed by atoms with E-state index >= 15 is 0 Å². The van der Waals surface area contributed by atoms with Gasteiger partial charge in [0, 0.05) is 39.8 Å². The molecule has 2 aliphatic rings. The van der Waals surface area contributed by atoms with Gasteiger partial charge in [-0.05, 0) is 30.9 Å².